The number of Topliss-reactive ketones (excluding diaryl/α,β-unsaturated/α-hetero) is 1. The van der Waals surface area contributed by atoms with Gasteiger partial charge in [0.1, 0.15) is 0 Å². The van der Waals surface area contributed by atoms with E-state index in [2.05, 4.69) is 10.2 Å². The Hall–Kier alpha value is -3.01. The third-order valence-electron chi connectivity index (χ3n) is 6.44. The Balaban J connectivity index is 1.32. The van der Waals surface area contributed by atoms with Crippen molar-refractivity contribution in [1.29, 1.82) is 0 Å². The van der Waals surface area contributed by atoms with Crippen molar-refractivity contribution in [1.82, 2.24) is 14.5 Å². The van der Waals surface area contributed by atoms with Gasteiger partial charge in [-0.05, 0) is 48.7 Å². The van der Waals surface area contributed by atoms with Gasteiger partial charge in [-0.15, -0.1) is 0 Å². The summed E-state index contributed by atoms with van der Waals surface area (Å²) >= 11 is 1.30. The van der Waals surface area contributed by atoms with Gasteiger partial charge in [-0.3, -0.25) is 23.9 Å². The van der Waals surface area contributed by atoms with E-state index in [0.717, 1.165) is 50.5 Å². The number of fused-ring (bicyclic) bond motifs is 2. The van der Waals surface area contributed by atoms with E-state index in [-0.39, 0.29) is 23.0 Å². The number of hydrogen-bond acceptors (Lipinski definition) is 7. The number of nitrogens with zero attached hydrogens (tertiary/aromatic N) is 3. The Morgan fingerprint density at radius 3 is 2.74 bits per heavy atom. The topological polar surface area (TPSA) is 93.5 Å². The van der Waals surface area contributed by atoms with Crippen molar-refractivity contribution in [2.75, 3.05) is 43.9 Å². The molecule has 35 heavy (non-hydrogen) atoms. The quantitative estimate of drug-likeness (QED) is 0.294. The van der Waals surface area contributed by atoms with Gasteiger partial charge in [0.25, 0.3) is 5.56 Å². The molecule has 182 valence electrons. The average molecular weight is 493 g/mol. The van der Waals surface area contributed by atoms with Gasteiger partial charge in [-0.2, -0.15) is 0 Å². The average Bonchev–Trinajstić information content (AvgIpc) is 2.89. The van der Waals surface area contributed by atoms with Crippen LogP contribution in [-0.4, -0.2) is 64.7 Å². The van der Waals surface area contributed by atoms with Gasteiger partial charge >= 0.3 is 0 Å². The van der Waals surface area contributed by atoms with Gasteiger partial charge in [0.2, 0.25) is 5.91 Å². The lowest BCUT2D eigenvalue weighted by molar-refractivity contribution is -0.116. The molecule has 0 aliphatic carbocycles. The molecule has 1 fully saturated rings. The molecule has 0 saturated carbocycles. The van der Waals surface area contributed by atoms with E-state index < -0.39 is 0 Å². The zero-order valence-electron chi connectivity index (χ0n) is 19.5. The SMILES string of the molecule is O=C1CCc2cc(C(=O)CSc3nc4ccccc4c(=O)n3CCCN3CCOCC3)ccc2N1. The first-order valence-corrected chi connectivity index (χ1v) is 13.0. The van der Waals surface area contributed by atoms with Crippen LogP contribution in [0.15, 0.2) is 52.4 Å². The lowest BCUT2D eigenvalue weighted by Gasteiger charge is -2.26. The van der Waals surface area contributed by atoms with E-state index >= 15 is 0 Å². The van der Waals surface area contributed by atoms with E-state index in [9.17, 15) is 14.4 Å². The largest absolute Gasteiger partial charge is 0.379 e. The molecule has 0 atom stereocenters. The van der Waals surface area contributed by atoms with E-state index in [1.165, 1.54) is 11.8 Å². The molecular weight excluding hydrogens is 464 g/mol. The summed E-state index contributed by atoms with van der Waals surface area (Å²) in [6.07, 6.45) is 1.87. The predicted molar refractivity (Wildman–Crippen MR) is 136 cm³/mol. The summed E-state index contributed by atoms with van der Waals surface area (Å²) in [5.74, 6) is 0.150. The standard InChI is InChI=1S/C26H28N4O4S/c31-23(19-6-8-21-18(16-19)7-9-24(32)27-21)17-35-26-28-22-5-2-1-4-20(22)25(33)30(26)11-3-10-29-12-14-34-15-13-29/h1-2,4-6,8,16H,3,7,9-15,17H2,(H,27,32). The second kappa shape index (κ2) is 10.7. The number of ketones is 1. The Morgan fingerprint density at radius 2 is 1.89 bits per heavy atom. The Labute approximate surface area is 207 Å². The number of aromatic nitrogens is 2. The molecule has 2 aromatic carbocycles. The van der Waals surface area contributed by atoms with Gasteiger partial charge in [-0.25, -0.2) is 4.98 Å². The molecular formula is C26H28N4O4S. The molecule has 1 amide bonds. The van der Waals surface area contributed by atoms with Crippen molar-refractivity contribution >= 4 is 40.0 Å². The number of anilines is 1. The second-order valence-corrected chi connectivity index (χ2v) is 9.75. The van der Waals surface area contributed by atoms with Crippen LogP contribution in [-0.2, 0) is 22.5 Å². The van der Waals surface area contributed by atoms with Crippen LogP contribution in [0.1, 0.15) is 28.8 Å². The molecule has 2 aliphatic heterocycles. The summed E-state index contributed by atoms with van der Waals surface area (Å²) in [6, 6.07) is 12.7. The fourth-order valence-electron chi connectivity index (χ4n) is 4.50. The first kappa shape index (κ1) is 23.7. The molecule has 2 aliphatic rings. The van der Waals surface area contributed by atoms with Crippen LogP contribution in [0.2, 0.25) is 0 Å². The Bertz CT molecular complexity index is 1320. The minimum absolute atomic E-state index is 0.00102. The van der Waals surface area contributed by atoms with Crippen LogP contribution in [0.25, 0.3) is 10.9 Å². The summed E-state index contributed by atoms with van der Waals surface area (Å²) in [4.78, 5) is 45.0. The van der Waals surface area contributed by atoms with Crippen LogP contribution in [0.5, 0.6) is 0 Å². The number of amides is 1. The van der Waals surface area contributed by atoms with Crippen LogP contribution in [0, 0.1) is 0 Å². The van der Waals surface area contributed by atoms with Crippen LogP contribution in [0.3, 0.4) is 0 Å². The minimum Gasteiger partial charge on any atom is -0.379 e. The molecule has 3 aromatic rings. The van der Waals surface area contributed by atoms with Crippen molar-refractivity contribution in [2.24, 2.45) is 0 Å². The third-order valence-corrected chi connectivity index (χ3v) is 7.42. The van der Waals surface area contributed by atoms with Gasteiger partial charge in [0.05, 0.1) is 29.9 Å². The zero-order valence-corrected chi connectivity index (χ0v) is 20.3. The number of ether oxygens (including phenoxy) is 1. The van der Waals surface area contributed by atoms with Crippen molar-refractivity contribution in [2.45, 2.75) is 31.0 Å². The molecule has 9 heteroatoms. The maximum absolute atomic E-state index is 13.3. The highest BCUT2D eigenvalue weighted by Crippen LogP contribution is 2.25. The highest BCUT2D eigenvalue weighted by Gasteiger charge is 2.18. The minimum atomic E-state index is -0.0722. The van der Waals surface area contributed by atoms with Crippen molar-refractivity contribution in [3.05, 3.63) is 63.9 Å². The molecule has 1 saturated heterocycles. The number of morpholine rings is 1. The number of aryl methyl sites for hydroxylation is 1. The highest BCUT2D eigenvalue weighted by molar-refractivity contribution is 7.99. The monoisotopic (exact) mass is 492 g/mol. The van der Waals surface area contributed by atoms with Gasteiger partial charge in [-0.1, -0.05) is 23.9 Å². The van der Waals surface area contributed by atoms with E-state index in [1.807, 2.05) is 24.3 Å². The number of carbonyl (C=O) groups is 2. The number of thioether (sulfide) groups is 1. The number of nitrogens with one attached hydrogen (secondary N) is 1. The summed E-state index contributed by atoms with van der Waals surface area (Å²) in [7, 11) is 0. The lowest BCUT2D eigenvalue weighted by atomic mass is 9.99. The summed E-state index contributed by atoms with van der Waals surface area (Å²) < 4.78 is 7.13. The third kappa shape index (κ3) is 5.47. The van der Waals surface area contributed by atoms with Gasteiger partial charge < -0.3 is 10.1 Å². The fourth-order valence-corrected chi connectivity index (χ4v) is 5.42. The van der Waals surface area contributed by atoms with Gasteiger partial charge in [0.15, 0.2) is 10.9 Å². The summed E-state index contributed by atoms with van der Waals surface area (Å²) in [5, 5.41) is 4.00. The maximum Gasteiger partial charge on any atom is 0.262 e. The predicted octanol–water partition coefficient (Wildman–Crippen LogP) is 2.98. The normalized spacial score (nSPS) is 16.2. The van der Waals surface area contributed by atoms with Crippen LogP contribution < -0.4 is 10.9 Å². The molecule has 3 heterocycles. The zero-order chi connectivity index (χ0) is 24.2. The smallest absolute Gasteiger partial charge is 0.262 e. The van der Waals surface area contributed by atoms with Crippen molar-refractivity contribution in [3.8, 4) is 0 Å². The first-order valence-electron chi connectivity index (χ1n) is 12.0. The molecule has 0 spiro atoms. The Kier molecular flexibility index (Phi) is 7.26. The van der Waals surface area contributed by atoms with E-state index in [0.29, 0.717) is 41.0 Å². The van der Waals surface area contributed by atoms with Gasteiger partial charge in [0, 0.05) is 43.9 Å². The molecule has 1 aromatic heterocycles. The molecule has 0 unspecified atom stereocenters. The number of carbonyl (C=O) groups excluding carboxylic acids is 2. The first-order chi connectivity index (χ1) is 17.1. The second-order valence-electron chi connectivity index (χ2n) is 8.81. The van der Waals surface area contributed by atoms with E-state index in [4.69, 9.17) is 9.72 Å². The van der Waals surface area contributed by atoms with Crippen LogP contribution >= 0.6 is 11.8 Å². The fraction of sp³-hybridized carbons (Fsp3) is 0.385. The highest BCUT2D eigenvalue weighted by atomic mass is 32.2. The molecule has 8 nitrogen and oxygen atoms in total. The van der Waals surface area contributed by atoms with Crippen molar-refractivity contribution < 1.29 is 14.3 Å². The summed E-state index contributed by atoms with van der Waals surface area (Å²) in [6.45, 7) is 4.74. The molecule has 0 bridgehead atoms. The molecule has 5 rings (SSSR count). The van der Waals surface area contributed by atoms with Crippen LogP contribution in [0.4, 0.5) is 5.69 Å². The number of benzene rings is 2. The summed E-state index contributed by atoms with van der Waals surface area (Å²) in [5.41, 5.74) is 2.92. The number of hydrogen-bond donors (Lipinski definition) is 1. The van der Waals surface area contributed by atoms with Crippen molar-refractivity contribution in [3.63, 3.8) is 0 Å². The number of para-hydroxylation sites is 1. The molecule has 1 N–H and O–H groups in total. The Morgan fingerprint density at radius 1 is 1.06 bits per heavy atom. The number of rotatable bonds is 8. The van der Waals surface area contributed by atoms with E-state index in [1.54, 1.807) is 22.8 Å². The molecule has 0 radical (unpaired) electrons. The maximum atomic E-state index is 13.3. The lowest BCUT2D eigenvalue weighted by Crippen LogP contribution is -2.37.